The van der Waals surface area contributed by atoms with E-state index in [1.165, 1.54) is 0 Å². The third-order valence-corrected chi connectivity index (χ3v) is 25.3. The van der Waals surface area contributed by atoms with E-state index in [-0.39, 0.29) is 30.0 Å². The van der Waals surface area contributed by atoms with Crippen molar-refractivity contribution in [1.29, 1.82) is 0 Å². The highest BCUT2D eigenvalue weighted by atomic mass is 16.8. The monoisotopic (exact) mass is 1600 g/mol. The molecule has 0 bridgehead atoms. The number of esters is 7. The summed E-state index contributed by atoms with van der Waals surface area (Å²) in [5.74, 6) is -12.5. The Morgan fingerprint density at radius 2 is 0.783 bits per heavy atom. The topological polar surface area (TPSA) is 491 Å². The molecule has 0 spiro atoms. The first-order valence-electron chi connectivity index (χ1n) is 36.8. The van der Waals surface area contributed by atoms with Gasteiger partial charge in [0, 0.05) is 66.6 Å². The predicted octanol–water partition coefficient (Wildman–Crippen LogP) is 11.3. The molecule has 4 saturated carbocycles. The van der Waals surface area contributed by atoms with Gasteiger partial charge in [-0.2, -0.15) is 0 Å². The lowest BCUT2D eigenvalue weighted by Crippen LogP contribution is -2.69. The molecule has 0 aromatic heterocycles. The van der Waals surface area contributed by atoms with Crippen molar-refractivity contribution in [1.82, 2.24) is 0 Å². The van der Waals surface area contributed by atoms with Gasteiger partial charge in [0.15, 0.2) is 60.9 Å². The molecule has 3 unspecified atom stereocenters. The number of carbonyl (C=O) groups excluding carboxylic acids is 8. The number of ether oxygens (including phenoxy) is 11. The number of non-ortho nitro benzene ring substituents is 5. The maximum Gasteiger partial charge on any atom is 0.339 e. The van der Waals surface area contributed by atoms with Gasteiger partial charge in [-0.3, -0.25) is 60.2 Å². The summed E-state index contributed by atoms with van der Waals surface area (Å²) in [5, 5.41) is 70.1. The van der Waals surface area contributed by atoms with Gasteiger partial charge >= 0.3 is 47.8 Å². The number of nitro benzene ring substituents is 5. The van der Waals surface area contributed by atoms with Crippen LogP contribution in [0.5, 0.6) is 0 Å². The van der Waals surface area contributed by atoms with Crippen LogP contribution in [0.2, 0.25) is 0 Å². The number of ketones is 1. The van der Waals surface area contributed by atoms with Gasteiger partial charge in [0.25, 0.3) is 28.4 Å². The van der Waals surface area contributed by atoms with Gasteiger partial charge in [0.2, 0.25) is 6.29 Å². The highest BCUT2D eigenvalue weighted by Gasteiger charge is 2.71. The van der Waals surface area contributed by atoms with Gasteiger partial charge < -0.3 is 57.2 Å². The summed E-state index contributed by atoms with van der Waals surface area (Å²) in [6.07, 6.45) is -19.8. The minimum Gasteiger partial charge on any atom is -0.481 e. The average molecular weight is 1600 g/mol. The number of nitrogens with zero attached hydrogens (tertiary/aromatic N) is 5. The van der Waals surface area contributed by atoms with Crippen LogP contribution in [-0.2, 0) is 71.3 Å². The first kappa shape index (κ1) is 82.6. The Morgan fingerprint density at radius 1 is 0.435 bits per heavy atom. The number of carboxylic acids is 1. The van der Waals surface area contributed by atoms with E-state index in [1.807, 2.05) is 13.8 Å². The van der Waals surface area contributed by atoms with Gasteiger partial charge in [-0.25, -0.2) is 33.6 Å². The number of nitro groups is 5. The van der Waals surface area contributed by atoms with Crippen molar-refractivity contribution >= 4 is 82.0 Å². The van der Waals surface area contributed by atoms with Gasteiger partial charge in [-0.05, 0) is 170 Å². The van der Waals surface area contributed by atoms with Crippen molar-refractivity contribution < 1.29 is 125 Å². The summed E-state index contributed by atoms with van der Waals surface area (Å²) < 4.78 is 68.8. The third kappa shape index (κ3) is 15.4. The molecule has 115 heavy (non-hydrogen) atoms. The van der Waals surface area contributed by atoms with Crippen LogP contribution in [-0.4, -0.2) is 165 Å². The van der Waals surface area contributed by atoms with Crippen LogP contribution in [0.25, 0.3) is 0 Å². The van der Waals surface area contributed by atoms with E-state index in [2.05, 4.69) is 27.7 Å². The summed E-state index contributed by atoms with van der Waals surface area (Å²) in [5.41, 5.74) is -8.65. The van der Waals surface area contributed by atoms with Crippen molar-refractivity contribution in [3.63, 3.8) is 0 Å². The maximum atomic E-state index is 15.7. The van der Waals surface area contributed by atoms with E-state index in [4.69, 9.17) is 52.1 Å². The molecule has 5 aromatic carbocycles. The number of aliphatic carboxylic acids is 1. The number of hydrogen-bond acceptors (Lipinski definition) is 30. The normalized spacial score (nSPS) is 31.7. The van der Waals surface area contributed by atoms with Gasteiger partial charge in [-0.1, -0.05) is 47.1 Å². The second kappa shape index (κ2) is 31.5. The molecule has 36 nitrogen and oxygen atoms in total. The van der Waals surface area contributed by atoms with Crippen LogP contribution in [0.3, 0.4) is 0 Å². The molecule has 36 heteroatoms. The molecule has 7 aliphatic rings. The molecular weight excluding hydrogens is 1510 g/mol. The highest BCUT2D eigenvalue weighted by molar-refractivity contribution is 5.96. The molecule has 1 N–H and O–H groups in total. The molecule has 0 radical (unpaired) electrons. The molecule has 2 aliphatic heterocycles. The van der Waals surface area contributed by atoms with E-state index >= 15 is 14.4 Å². The van der Waals surface area contributed by atoms with Crippen LogP contribution in [0.4, 0.5) is 28.4 Å². The molecule has 608 valence electrons. The van der Waals surface area contributed by atoms with E-state index in [0.717, 1.165) is 148 Å². The van der Waals surface area contributed by atoms with Crippen molar-refractivity contribution in [2.24, 2.45) is 50.2 Å². The summed E-state index contributed by atoms with van der Waals surface area (Å²) >= 11 is 0. The molecule has 6 fully saturated rings. The van der Waals surface area contributed by atoms with Crippen LogP contribution in [0.15, 0.2) is 133 Å². The summed E-state index contributed by atoms with van der Waals surface area (Å²) in [7, 11) is 1.72. The molecule has 5 aliphatic carbocycles. The number of fused-ring (bicyclic) bond motifs is 7. The number of carboxylic acid groups (broad SMARTS) is 1. The fraction of sp³-hybridized carbons (Fsp3) is 0.481. The van der Waals surface area contributed by atoms with E-state index in [9.17, 15) is 84.4 Å². The van der Waals surface area contributed by atoms with E-state index < -0.39 is 235 Å². The number of allylic oxidation sites excluding steroid dienone is 2. The number of rotatable bonds is 22. The average Bonchev–Trinajstić information content (AvgIpc) is 0.671. The smallest absolute Gasteiger partial charge is 0.339 e. The third-order valence-electron chi connectivity index (χ3n) is 25.3. The lowest BCUT2D eigenvalue weighted by molar-refractivity contribution is -0.385. The lowest BCUT2D eigenvalue weighted by Gasteiger charge is -2.70. The fourth-order valence-electron chi connectivity index (χ4n) is 18.7. The molecule has 0 amide bonds. The number of carbonyl (C=O) groups is 9. The van der Waals surface area contributed by atoms with Crippen molar-refractivity contribution in [2.75, 3.05) is 14.2 Å². The minimum atomic E-state index is -2.66. The van der Waals surface area contributed by atoms with Gasteiger partial charge in [0.1, 0.15) is 0 Å². The van der Waals surface area contributed by atoms with Crippen LogP contribution in [0.1, 0.15) is 158 Å². The fourth-order valence-corrected chi connectivity index (χ4v) is 18.7. The highest BCUT2D eigenvalue weighted by Crippen LogP contribution is 2.75. The van der Waals surface area contributed by atoms with E-state index in [1.54, 1.807) is 13.0 Å². The van der Waals surface area contributed by atoms with Gasteiger partial charge in [-0.15, -0.1) is 0 Å². The number of methoxy groups -OCH3 is 2. The van der Waals surface area contributed by atoms with Crippen molar-refractivity contribution in [3.8, 4) is 0 Å². The Labute approximate surface area is 654 Å². The van der Waals surface area contributed by atoms with Crippen molar-refractivity contribution in [2.45, 2.75) is 174 Å². The van der Waals surface area contributed by atoms with Gasteiger partial charge in [0.05, 0.1) is 78.2 Å². The Balaban J connectivity index is 1.02. The standard InChI is InChI=1S/C79H81N5O31/c1-74(2)53-30-33-79(7)63(52(85)38-50-51-39-76(4,73(93)94)35-34-75(51,3)36-37-78(50,79)6)77(53,5)32-31-54(74)107-71-62(58(111-67(89)43-16-26-48(27-17-43)83(101)102)56(59(113-71)69(91)105-8)109-65(87)41-12-22-46(23-13-41)81(97)98)115-72-61(112-68(90)44-18-28-49(29-19-44)84(103)104)57(110-66(88)42-14-24-47(25-15-42)82(99)100)55(60(114-72)70(92)106-9)108-64(86)40-10-20-45(21-11-40)80(95)96/h10-29,38,51,53-63,71-72H,30-37,39H2,1-9H3,(H,93,94)/t51?,53?,54-,55-,56-,57-,58-,59-,60-,61+,62+,63?,71+,72-,75+,76-,77-,78+,79+/m0/s1. The second-order valence-electron chi connectivity index (χ2n) is 31.9. The zero-order chi connectivity index (χ0) is 83.5. The van der Waals surface area contributed by atoms with E-state index in [0.29, 0.717) is 38.5 Å². The zero-order valence-electron chi connectivity index (χ0n) is 63.5. The van der Waals surface area contributed by atoms with Crippen LogP contribution >= 0.6 is 0 Å². The Kier molecular flexibility index (Phi) is 22.6. The molecular formula is C79H81N5O31. The Bertz CT molecular complexity index is 4800. The molecule has 2 heterocycles. The zero-order valence-corrected chi connectivity index (χ0v) is 63.5. The molecule has 2 saturated heterocycles. The maximum absolute atomic E-state index is 15.7. The summed E-state index contributed by atoms with van der Waals surface area (Å²) in [6.45, 7) is 14.1. The quantitative estimate of drug-likeness (QED) is 0.0221. The minimum absolute atomic E-state index is 0.0361. The first-order valence-corrected chi connectivity index (χ1v) is 36.8. The number of hydrogen-bond donors (Lipinski definition) is 1. The molecule has 19 atom stereocenters. The second-order valence-corrected chi connectivity index (χ2v) is 31.9. The molecule has 5 aromatic rings. The Morgan fingerprint density at radius 3 is 1.15 bits per heavy atom. The summed E-state index contributed by atoms with van der Waals surface area (Å²) in [4.78, 5) is 188. The Hall–Kier alpha value is -11.9. The SMILES string of the molecule is COC(=O)[C@H]1O[C@@H](O[C@H]2[C@H](O[C@H]3CC[C@@]4(C)C(CC[C@]5(C)C4C(=O)C=C4C6C[C@@](C)(C(=O)O)CC[C@]6(C)CC[C@]45C)C3(C)C)O[C@H](C(=O)OC)[C@@H](OC(=O)c3ccc([N+](=O)[O-])cc3)[C@@H]2OC(=O)c2ccc([N+](=O)[O-])cc2)[C@H](OC(=O)c2ccc([N+](=O)[O-])cc2)[C@@H](OC(=O)c2ccc([N+](=O)[O-])cc2)[C@@H]1OC(=O)c1ccc([N+](=O)[O-])cc1. The first-order chi connectivity index (χ1) is 54.2. The predicted molar refractivity (Wildman–Crippen MR) is 390 cm³/mol. The molecule has 12 rings (SSSR count). The van der Waals surface area contributed by atoms with Crippen molar-refractivity contribution in [3.05, 3.63) is 211 Å². The lowest BCUT2D eigenvalue weighted by atomic mass is 9.33. The summed E-state index contributed by atoms with van der Waals surface area (Å²) in [6, 6.07) is 18.4. The number of benzene rings is 5. The van der Waals surface area contributed by atoms with Crippen LogP contribution < -0.4 is 0 Å². The van der Waals surface area contributed by atoms with Crippen LogP contribution in [0, 0.1) is 101 Å². The largest absolute Gasteiger partial charge is 0.481 e.